The van der Waals surface area contributed by atoms with Gasteiger partial charge in [-0.1, -0.05) is 6.07 Å². The molecule has 12 heteroatoms. The molecule has 7 nitrogen and oxygen atoms in total. The number of ether oxygens (including phenoxy) is 1. The van der Waals surface area contributed by atoms with Gasteiger partial charge in [-0.15, -0.1) is 0 Å². The van der Waals surface area contributed by atoms with Crippen LogP contribution >= 0.6 is 0 Å². The maximum Gasteiger partial charge on any atom is 0.325 e. The van der Waals surface area contributed by atoms with E-state index in [-0.39, 0.29) is 35.8 Å². The Bertz CT molecular complexity index is 1410. The molecule has 0 saturated heterocycles. The van der Waals surface area contributed by atoms with Gasteiger partial charge in [0, 0.05) is 48.5 Å². The number of hydrogen-bond donors (Lipinski definition) is 2. The topological polar surface area (TPSA) is 82.1 Å². The lowest BCUT2D eigenvalue weighted by Gasteiger charge is -2.39. The number of urea groups is 1. The predicted molar refractivity (Wildman–Crippen MR) is 131 cm³/mol. The average Bonchev–Trinajstić information content (AvgIpc) is 2.89. The minimum atomic E-state index is -1.21. The van der Waals surface area contributed by atoms with E-state index in [0.717, 1.165) is 6.07 Å². The van der Waals surface area contributed by atoms with Crippen molar-refractivity contribution < 1.29 is 41.4 Å². The van der Waals surface area contributed by atoms with Crippen LogP contribution in [-0.2, 0) is 13.1 Å². The van der Waals surface area contributed by atoms with Crippen molar-refractivity contribution in [3.63, 3.8) is 0 Å². The Hall–Kier alpha value is -4.19. The number of aliphatic hydroxyl groups is 1. The molecule has 0 spiro atoms. The molecule has 1 atom stereocenters. The molecule has 0 saturated carbocycles. The minimum absolute atomic E-state index is 0.0258. The van der Waals surface area contributed by atoms with Crippen LogP contribution in [0.1, 0.15) is 40.0 Å². The minimum Gasteiger partial charge on any atom is -0.491 e. The van der Waals surface area contributed by atoms with E-state index in [1.54, 1.807) is 13.0 Å². The molecule has 3 amide bonds. The van der Waals surface area contributed by atoms with Crippen LogP contribution in [0.15, 0.2) is 42.5 Å². The van der Waals surface area contributed by atoms with Crippen LogP contribution in [0.5, 0.6) is 5.75 Å². The summed E-state index contributed by atoms with van der Waals surface area (Å²) in [7, 11) is 1.53. The van der Waals surface area contributed by atoms with Crippen LogP contribution in [0, 0.1) is 29.1 Å². The standard InChI is InChI=1S/C27H24F5N3O4/c1-14-19-4-3-15(26(37)33-12-20-21(29)9-17(28)10-22(20)30)8-24(19)35(27(38)34(14)2)13-16-7-18(39-6-5-36)11-23(31)25(16)32/h3-4,7-11,14,36H,5-6,12-13H2,1-2H3,(H,33,37)/t14-/m0/s1. The molecule has 0 unspecified atom stereocenters. The average molecular weight is 549 g/mol. The SMILES string of the molecule is C[C@H]1c2ccc(C(=O)NCc3c(F)cc(F)cc3F)cc2N(Cc2cc(OCCO)cc(F)c2F)C(=O)N1C. The lowest BCUT2D eigenvalue weighted by atomic mass is 9.98. The first-order valence-corrected chi connectivity index (χ1v) is 11.8. The van der Waals surface area contributed by atoms with E-state index < -0.39 is 65.7 Å². The number of carbonyl (C=O) groups excluding carboxylic acids is 2. The van der Waals surface area contributed by atoms with Crippen molar-refractivity contribution in [2.75, 3.05) is 25.2 Å². The fraction of sp³-hybridized carbons (Fsp3) is 0.259. The zero-order chi connectivity index (χ0) is 28.4. The molecule has 1 heterocycles. The first-order valence-electron chi connectivity index (χ1n) is 11.8. The largest absolute Gasteiger partial charge is 0.491 e. The highest BCUT2D eigenvalue weighted by molar-refractivity contribution is 5.99. The number of halogens is 5. The van der Waals surface area contributed by atoms with E-state index in [0.29, 0.717) is 17.7 Å². The molecular weight excluding hydrogens is 525 g/mol. The van der Waals surface area contributed by atoms with Crippen LogP contribution in [0.25, 0.3) is 0 Å². The first-order chi connectivity index (χ1) is 18.5. The molecule has 0 radical (unpaired) electrons. The number of rotatable bonds is 8. The zero-order valence-electron chi connectivity index (χ0n) is 20.9. The van der Waals surface area contributed by atoms with Gasteiger partial charge in [0.1, 0.15) is 29.8 Å². The second-order valence-corrected chi connectivity index (χ2v) is 8.91. The van der Waals surface area contributed by atoms with Gasteiger partial charge in [0.25, 0.3) is 5.91 Å². The van der Waals surface area contributed by atoms with Gasteiger partial charge in [0.05, 0.1) is 24.9 Å². The molecule has 0 aliphatic carbocycles. The maximum absolute atomic E-state index is 14.7. The molecule has 1 aliphatic heterocycles. The van der Waals surface area contributed by atoms with Gasteiger partial charge in [-0.05, 0) is 30.7 Å². The molecule has 2 N–H and O–H groups in total. The molecule has 0 aromatic heterocycles. The number of amides is 3. The van der Waals surface area contributed by atoms with Crippen LogP contribution in [0.3, 0.4) is 0 Å². The van der Waals surface area contributed by atoms with Gasteiger partial charge in [0.2, 0.25) is 0 Å². The third kappa shape index (κ3) is 5.65. The van der Waals surface area contributed by atoms with E-state index in [1.165, 1.54) is 35.0 Å². The lowest BCUT2D eigenvalue weighted by molar-refractivity contribution is 0.0950. The van der Waals surface area contributed by atoms with Crippen molar-refractivity contribution in [3.8, 4) is 5.75 Å². The Morgan fingerprint density at radius 2 is 1.72 bits per heavy atom. The summed E-state index contributed by atoms with van der Waals surface area (Å²) in [5.74, 6) is -6.60. The van der Waals surface area contributed by atoms with E-state index in [4.69, 9.17) is 9.84 Å². The number of benzene rings is 3. The number of fused-ring (bicyclic) bond motifs is 1. The highest BCUT2D eigenvalue weighted by Gasteiger charge is 2.34. The summed E-state index contributed by atoms with van der Waals surface area (Å²) in [5, 5.41) is 11.3. The molecule has 206 valence electrons. The smallest absolute Gasteiger partial charge is 0.325 e. The number of carbonyl (C=O) groups is 2. The summed E-state index contributed by atoms with van der Waals surface area (Å²) >= 11 is 0. The molecule has 39 heavy (non-hydrogen) atoms. The van der Waals surface area contributed by atoms with Crippen molar-refractivity contribution in [2.24, 2.45) is 0 Å². The number of aliphatic hydroxyl groups excluding tert-OH is 1. The first kappa shape index (κ1) is 27.8. The number of hydrogen-bond acceptors (Lipinski definition) is 4. The fourth-order valence-electron chi connectivity index (χ4n) is 4.25. The van der Waals surface area contributed by atoms with Crippen molar-refractivity contribution >= 4 is 17.6 Å². The molecule has 3 aromatic rings. The molecule has 0 bridgehead atoms. The molecule has 1 aliphatic rings. The van der Waals surface area contributed by atoms with Crippen molar-refractivity contribution in [2.45, 2.75) is 26.1 Å². The quantitative estimate of drug-likeness (QED) is 0.395. The highest BCUT2D eigenvalue weighted by atomic mass is 19.2. The summed E-state index contributed by atoms with van der Waals surface area (Å²) < 4.78 is 75.3. The maximum atomic E-state index is 14.7. The number of nitrogens with zero attached hydrogens (tertiary/aromatic N) is 2. The predicted octanol–water partition coefficient (Wildman–Crippen LogP) is 4.82. The van der Waals surface area contributed by atoms with Crippen LogP contribution in [0.2, 0.25) is 0 Å². The highest BCUT2D eigenvalue weighted by Crippen LogP contribution is 2.38. The van der Waals surface area contributed by atoms with Gasteiger partial charge in [-0.3, -0.25) is 9.69 Å². The van der Waals surface area contributed by atoms with Gasteiger partial charge in [0.15, 0.2) is 11.6 Å². The van der Waals surface area contributed by atoms with E-state index in [1.807, 2.05) is 0 Å². The molecule has 4 rings (SSSR count). The number of anilines is 1. The van der Waals surface area contributed by atoms with E-state index in [2.05, 4.69) is 5.32 Å². The summed E-state index contributed by atoms with van der Waals surface area (Å²) in [6, 6.07) is 6.45. The van der Waals surface area contributed by atoms with Crippen LogP contribution in [0.4, 0.5) is 32.4 Å². The van der Waals surface area contributed by atoms with Gasteiger partial charge in [-0.25, -0.2) is 26.7 Å². The van der Waals surface area contributed by atoms with Crippen LogP contribution in [-0.4, -0.2) is 42.2 Å². The Labute approximate surface area is 220 Å². The normalized spacial score (nSPS) is 14.9. The van der Waals surface area contributed by atoms with Crippen molar-refractivity contribution in [1.29, 1.82) is 0 Å². The fourth-order valence-corrected chi connectivity index (χ4v) is 4.25. The molecule has 3 aromatic carbocycles. The van der Waals surface area contributed by atoms with E-state index in [9.17, 15) is 31.5 Å². The van der Waals surface area contributed by atoms with Crippen molar-refractivity contribution in [3.05, 3.63) is 93.8 Å². The Morgan fingerprint density at radius 3 is 2.38 bits per heavy atom. The molecular formula is C27H24F5N3O4. The summed E-state index contributed by atoms with van der Waals surface area (Å²) in [5.41, 5.74) is 0.146. The summed E-state index contributed by atoms with van der Waals surface area (Å²) in [6.45, 7) is 0.262. The van der Waals surface area contributed by atoms with Crippen molar-refractivity contribution in [1.82, 2.24) is 10.2 Å². The number of nitrogens with one attached hydrogen (secondary N) is 1. The third-order valence-corrected chi connectivity index (χ3v) is 6.44. The monoisotopic (exact) mass is 549 g/mol. The zero-order valence-corrected chi connectivity index (χ0v) is 20.9. The second kappa shape index (κ2) is 11.3. The Balaban J connectivity index is 1.65. The van der Waals surface area contributed by atoms with Crippen LogP contribution < -0.4 is 15.0 Å². The molecule has 0 fully saturated rings. The third-order valence-electron chi connectivity index (χ3n) is 6.44. The lowest BCUT2D eigenvalue weighted by Crippen LogP contribution is -2.46. The Kier molecular flexibility index (Phi) is 8.05. The summed E-state index contributed by atoms with van der Waals surface area (Å²) in [6.07, 6.45) is 0. The van der Waals surface area contributed by atoms with Gasteiger partial charge >= 0.3 is 6.03 Å². The van der Waals surface area contributed by atoms with E-state index >= 15 is 0 Å². The second-order valence-electron chi connectivity index (χ2n) is 8.91. The Morgan fingerprint density at radius 1 is 1.03 bits per heavy atom. The van der Waals surface area contributed by atoms with Gasteiger partial charge < -0.3 is 20.1 Å². The van der Waals surface area contributed by atoms with Gasteiger partial charge in [-0.2, -0.15) is 0 Å². The summed E-state index contributed by atoms with van der Waals surface area (Å²) in [4.78, 5) is 28.6.